The third kappa shape index (κ3) is 5.51. The molecule has 0 aliphatic carbocycles. The summed E-state index contributed by atoms with van der Waals surface area (Å²) < 4.78 is 4.67. The largest absolute Gasteiger partial charge is 0.307 e. The Balaban J connectivity index is 1.21. The number of hydrogen-bond acceptors (Lipinski definition) is 3. The summed E-state index contributed by atoms with van der Waals surface area (Å²) in [6.07, 6.45) is 0. The van der Waals surface area contributed by atoms with Crippen LogP contribution in [0.25, 0.3) is 100 Å². The molecule has 57 heavy (non-hydrogen) atoms. The molecule has 0 N–H and O–H groups in total. The molecule has 0 fully saturated rings. The van der Waals surface area contributed by atoms with Crippen LogP contribution in [0.5, 0.6) is 0 Å². The quantitative estimate of drug-likeness (QED) is 0.171. The number of benzene rings is 8. The maximum atomic E-state index is 5.33. The summed E-state index contributed by atoms with van der Waals surface area (Å²) >= 11 is 0. The minimum atomic E-state index is 0.565. The van der Waals surface area contributed by atoms with Gasteiger partial charge in [0.1, 0.15) is 0 Å². The molecule has 3 aromatic heterocycles. The van der Waals surface area contributed by atoms with Crippen molar-refractivity contribution in [3.63, 3.8) is 0 Å². The molecule has 5 nitrogen and oxygen atoms in total. The summed E-state index contributed by atoms with van der Waals surface area (Å²) in [5, 5.41) is 4.62. The normalized spacial score (nSPS) is 11.6. The maximum absolute atomic E-state index is 5.33. The summed E-state index contributed by atoms with van der Waals surface area (Å²) in [7, 11) is 0. The van der Waals surface area contributed by atoms with Crippen LogP contribution in [0.2, 0.25) is 0 Å². The van der Waals surface area contributed by atoms with Gasteiger partial charge in [0.15, 0.2) is 11.6 Å². The second kappa shape index (κ2) is 13.3. The van der Waals surface area contributed by atoms with Crippen molar-refractivity contribution in [1.29, 1.82) is 0 Å². The van der Waals surface area contributed by atoms with Crippen LogP contribution in [-0.4, -0.2) is 24.1 Å². The fourth-order valence-corrected chi connectivity index (χ4v) is 8.30. The van der Waals surface area contributed by atoms with E-state index in [2.05, 4.69) is 186 Å². The van der Waals surface area contributed by atoms with Gasteiger partial charge in [-0.25, -0.2) is 4.98 Å². The Morgan fingerprint density at radius 2 is 0.789 bits per heavy atom. The standard InChI is InChI=1S/C52H35N5/c1-34-23-25-37(26-24-34)40-17-12-18-41(33-40)56-46-21-10-8-19-42(46)44-31-32-45-43-20-9-11-22-47(43)57(49(45)48(44)56)52-54-50(38-15-6-3-7-16-38)53-51(55-52)39-29-27-36(28-30-39)35-13-4-2-5-14-35/h2-33H,1H3. The molecule has 0 atom stereocenters. The van der Waals surface area contributed by atoms with Crippen LogP contribution < -0.4 is 0 Å². The van der Waals surface area contributed by atoms with Crippen LogP contribution in [0.3, 0.4) is 0 Å². The average molecular weight is 730 g/mol. The van der Waals surface area contributed by atoms with Gasteiger partial charge >= 0.3 is 0 Å². The Hall–Kier alpha value is -7.63. The molecule has 0 saturated heterocycles. The molecule has 0 aliphatic rings. The smallest absolute Gasteiger partial charge is 0.238 e. The van der Waals surface area contributed by atoms with E-state index in [1.165, 1.54) is 27.6 Å². The fraction of sp³-hybridized carbons (Fsp3) is 0.0192. The number of fused-ring (bicyclic) bond motifs is 7. The van der Waals surface area contributed by atoms with Gasteiger partial charge in [0.05, 0.1) is 22.1 Å². The molecule has 0 saturated carbocycles. The van der Waals surface area contributed by atoms with Crippen LogP contribution in [0.15, 0.2) is 194 Å². The summed E-state index contributed by atoms with van der Waals surface area (Å²) in [5.74, 6) is 1.80. The molecule has 0 bridgehead atoms. The third-order valence-electron chi connectivity index (χ3n) is 11.1. The Morgan fingerprint density at radius 1 is 0.333 bits per heavy atom. The van der Waals surface area contributed by atoms with E-state index in [4.69, 9.17) is 15.0 Å². The van der Waals surface area contributed by atoms with Crippen molar-refractivity contribution in [2.45, 2.75) is 6.92 Å². The fourth-order valence-electron chi connectivity index (χ4n) is 8.30. The van der Waals surface area contributed by atoms with Crippen molar-refractivity contribution in [3.8, 4) is 56.7 Å². The van der Waals surface area contributed by atoms with Crippen molar-refractivity contribution in [2.24, 2.45) is 0 Å². The second-order valence-electron chi connectivity index (χ2n) is 14.6. The number of aryl methyl sites for hydroxylation is 1. The minimum absolute atomic E-state index is 0.565. The van der Waals surface area contributed by atoms with E-state index >= 15 is 0 Å². The lowest BCUT2D eigenvalue weighted by molar-refractivity contribution is 0.953. The average Bonchev–Trinajstić information content (AvgIpc) is 3.80. The van der Waals surface area contributed by atoms with E-state index in [9.17, 15) is 0 Å². The van der Waals surface area contributed by atoms with Gasteiger partial charge in [0.25, 0.3) is 0 Å². The maximum Gasteiger partial charge on any atom is 0.238 e. The molecular formula is C52H35N5. The lowest BCUT2D eigenvalue weighted by Crippen LogP contribution is -2.07. The number of para-hydroxylation sites is 2. The van der Waals surface area contributed by atoms with Gasteiger partial charge in [0.2, 0.25) is 5.95 Å². The second-order valence-corrected chi connectivity index (χ2v) is 14.6. The third-order valence-corrected chi connectivity index (χ3v) is 11.1. The Kier molecular flexibility index (Phi) is 7.64. The van der Waals surface area contributed by atoms with Crippen LogP contribution in [0.1, 0.15) is 5.56 Å². The van der Waals surface area contributed by atoms with E-state index in [1.54, 1.807) is 0 Å². The first kappa shape index (κ1) is 32.8. The van der Waals surface area contributed by atoms with E-state index in [0.29, 0.717) is 17.6 Å². The Bertz CT molecular complexity index is 3270. The van der Waals surface area contributed by atoms with Crippen LogP contribution >= 0.6 is 0 Å². The molecule has 5 heteroatoms. The van der Waals surface area contributed by atoms with Crippen molar-refractivity contribution in [1.82, 2.24) is 24.1 Å². The highest BCUT2D eigenvalue weighted by Gasteiger charge is 2.23. The highest BCUT2D eigenvalue weighted by atomic mass is 15.2. The number of nitrogens with zero attached hydrogens (tertiary/aromatic N) is 5. The van der Waals surface area contributed by atoms with Crippen LogP contribution in [-0.2, 0) is 0 Å². The molecule has 11 rings (SSSR count). The molecule has 8 aromatic carbocycles. The molecule has 0 unspecified atom stereocenters. The molecule has 11 aromatic rings. The molecule has 0 spiro atoms. The first-order valence-corrected chi connectivity index (χ1v) is 19.3. The van der Waals surface area contributed by atoms with Gasteiger partial charge in [0, 0.05) is 38.4 Å². The minimum Gasteiger partial charge on any atom is -0.307 e. The van der Waals surface area contributed by atoms with E-state index < -0.39 is 0 Å². The van der Waals surface area contributed by atoms with Gasteiger partial charge in [-0.2, -0.15) is 9.97 Å². The highest BCUT2D eigenvalue weighted by Crippen LogP contribution is 2.42. The van der Waals surface area contributed by atoms with Gasteiger partial charge in [-0.3, -0.25) is 4.57 Å². The Morgan fingerprint density at radius 3 is 1.44 bits per heavy atom. The van der Waals surface area contributed by atoms with E-state index in [1.807, 2.05) is 24.3 Å². The summed E-state index contributed by atoms with van der Waals surface area (Å²) in [6.45, 7) is 2.13. The topological polar surface area (TPSA) is 48.5 Å². The SMILES string of the molecule is Cc1ccc(-c2cccc(-n3c4ccccc4c4ccc5c6ccccc6n(-c6nc(-c7ccccc7)nc(-c7ccc(-c8ccccc8)cc7)n6)c5c43)c2)cc1. The molecule has 0 amide bonds. The van der Waals surface area contributed by atoms with E-state index in [-0.39, 0.29) is 0 Å². The predicted molar refractivity (Wildman–Crippen MR) is 235 cm³/mol. The van der Waals surface area contributed by atoms with Crippen molar-refractivity contribution in [3.05, 3.63) is 200 Å². The van der Waals surface area contributed by atoms with Crippen LogP contribution in [0.4, 0.5) is 0 Å². The number of rotatable bonds is 6. The molecule has 0 radical (unpaired) electrons. The Labute approximate surface area is 329 Å². The zero-order valence-electron chi connectivity index (χ0n) is 31.2. The lowest BCUT2D eigenvalue weighted by atomic mass is 10.0. The van der Waals surface area contributed by atoms with Gasteiger partial charge in [-0.15, -0.1) is 0 Å². The predicted octanol–water partition coefficient (Wildman–Crippen LogP) is 13.0. The highest BCUT2D eigenvalue weighted by molar-refractivity contribution is 6.23. The van der Waals surface area contributed by atoms with Crippen molar-refractivity contribution in [2.75, 3.05) is 0 Å². The zero-order chi connectivity index (χ0) is 37.9. The summed E-state index contributed by atoms with van der Waals surface area (Å²) in [5.41, 5.74) is 13.1. The molecular weight excluding hydrogens is 695 g/mol. The van der Waals surface area contributed by atoms with Crippen LogP contribution in [0, 0.1) is 6.92 Å². The van der Waals surface area contributed by atoms with Gasteiger partial charge in [-0.05, 0) is 53.4 Å². The summed E-state index contributed by atoms with van der Waals surface area (Å²) in [4.78, 5) is 15.7. The van der Waals surface area contributed by atoms with Crippen molar-refractivity contribution >= 4 is 43.6 Å². The first-order valence-electron chi connectivity index (χ1n) is 19.3. The van der Waals surface area contributed by atoms with Crippen molar-refractivity contribution < 1.29 is 0 Å². The molecule has 268 valence electrons. The van der Waals surface area contributed by atoms with Gasteiger partial charge < -0.3 is 4.57 Å². The lowest BCUT2D eigenvalue weighted by Gasteiger charge is -2.14. The molecule has 3 heterocycles. The number of hydrogen-bond donors (Lipinski definition) is 0. The molecule has 0 aliphatic heterocycles. The van der Waals surface area contributed by atoms with Gasteiger partial charge in [-0.1, -0.05) is 175 Å². The first-order chi connectivity index (χ1) is 28.2. The monoisotopic (exact) mass is 729 g/mol. The van der Waals surface area contributed by atoms with E-state index in [0.717, 1.165) is 60.6 Å². The summed E-state index contributed by atoms with van der Waals surface area (Å²) in [6, 6.07) is 68.6. The number of aromatic nitrogens is 5. The zero-order valence-corrected chi connectivity index (χ0v) is 31.2.